The maximum Gasteiger partial charge on any atom is 0.186 e. The van der Waals surface area contributed by atoms with Gasteiger partial charge in [0.1, 0.15) is 0 Å². The van der Waals surface area contributed by atoms with E-state index in [4.69, 9.17) is 0 Å². The van der Waals surface area contributed by atoms with Gasteiger partial charge in [-0.2, -0.15) is 0 Å². The number of rotatable bonds is 5. The molecule has 4 heteroatoms. The lowest BCUT2D eigenvalue weighted by Crippen LogP contribution is -2.26. The number of ketones is 1. The molecular weight excluding hydrogens is 262 g/mol. The quantitative estimate of drug-likeness (QED) is 0.838. The largest absolute Gasteiger partial charge is 0.309 e. The van der Waals surface area contributed by atoms with Crippen molar-refractivity contribution in [1.82, 2.24) is 5.32 Å². The molecule has 0 bridgehead atoms. The fourth-order valence-electron chi connectivity index (χ4n) is 1.03. The van der Waals surface area contributed by atoms with Crippen LogP contribution in [0.1, 0.15) is 23.5 Å². The summed E-state index contributed by atoms with van der Waals surface area (Å²) in [6, 6.07) is 3.76. The second kappa shape index (κ2) is 5.63. The molecule has 0 aromatic carbocycles. The molecule has 0 fully saturated rings. The van der Waals surface area contributed by atoms with Crippen molar-refractivity contribution in [3.05, 3.63) is 20.8 Å². The first-order valence-electron chi connectivity index (χ1n) is 4.59. The van der Waals surface area contributed by atoms with Gasteiger partial charge in [-0.1, -0.05) is 13.8 Å². The van der Waals surface area contributed by atoms with E-state index in [0.717, 1.165) is 15.2 Å². The summed E-state index contributed by atoms with van der Waals surface area (Å²) in [5.41, 5.74) is 0. The number of hydrogen-bond donors (Lipinski definition) is 1. The molecule has 0 aliphatic heterocycles. The van der Waals surface area contributed by atoms with E-state index in [1.54, 1.807) is 0 Å². The summed E-state index contributed by atoms with van der Waals surface area (Å²) < 4.78 is 1.00. The zero-order valence-electron chi connectivity index (χ0n) is 8.34. The van der Waals surface area contributed by atoms with Crippen LogP contribution in [0.4, 0.5) is 0 Å². The molecule has 1 heterocycles. The smallest absolute Gasteiger partial charge is 0.186 e. The van der Waals surface area contributed by atoms with E-state index < -0.39 is 0 Å². The molecule has 78 valence electrons. The summed E-state index contributed by atoms with van der Waals surface area (Å²) >= 11 is 4.82. The summed E-state index contributed by atoms with van der Waals surface area (Å²) in [5.74, 6) is 0.749. The van der Waals surface area contributed by atoms with Gasteiger partial charge in [-0.3, -0.25) is 4.79 Å². The fraction of sp³-hybridized carbons (Fsp3) is 0.500. The van der Waals surface area contributed by atoms with Crippen LogP contribution in [0.5, 0.6) is 0 Å². The molecule has 0 amide bonds. The number of Topliss-reactive ketones (excluding diaryl/α,β-unsaturated/α-hetero) is 1. The maximum atomic E-state index is 11.6. The van der Waals surface area contributed by atoms with Gasteiger partial charge >= 0.3 is 0 Å². The molecule has 1 aromatic rings. The van der Waals surface area contributed by atoms with E-state index in [1.807, 2.05) is 12.1 Å². The SMILES string of the molecule is CC(C)CNCC(=O)c1ccc(Br)s1. The zero-order chi connectivity index (χ0) is 10.6. The van der Waals surface area contributed by atoms with E-state index in [0.29, 0.717) is 12.5 Å². The van der Waals surface area contributed by atoms with Crippen LogP contribution in [0, 0.1) is 5.92 Å². The average Bonchev–Trinajstić information content (AvgIpc) is 2.51. The monoisotopic (exact) mass is 275 g/mol. The van der Waals surface area contributed by atoms with Crippen LogP contribution in [0.15, 0.2) is 15.9 Å². The van der Waals surface area contributed by atoms with Crippen molar-refractivity contribution in [1.29, 1.82) is 0 Å². The molecule has 0 aliphatic carbocycles. The van der Waals surface area contributed by atoms with E-state index in [9.17, 15) is 4.79 Å². The number of nitrogens with one attached hydrogen (secondary N) is 1. The second-order valence-corrected chi connectivity index (χ2v) is 6.01. The van der Waals surface area contributed by atoms with Gasteiger partial charge < -0.3 is 5.32 Å². The first-order valence-corrected chi connectivity index (χ1v) is 6.20. The summed E-state index contributed by atoms with van der Waals surface area (Å²) in [4.78, 5) is 12.4. The van der Waals surface area contributed by atoms with Gasteiger partial charge in [0.2, 0.25) is 0 Å². The Bertz CT molecular complexity index is 309. The predicted octanol–water partition coefficient (Wildman–Crippen LogP) is 2.94. The van der Waals surface area contributed by atoms with Crippen molar-refractivity contribution in [2.24, 2.45) is 5.92 Å². The van der Waals surface area contributed by atoms with Gasteiger partial charge in [-0.05, 0) is 40.5 Å². The topological polar surface area (TPSA) is 29.1 Å². The Morgan fingerprint density at radius 3 is 2.79 bits per heavy atom. The molecule has 0 spiro atoms. The molecule has 0 radical (unpaired) electrons. The van der Waals surface area contributed by atoms with Crippen LogP contribution < -0.4 is 5.32 Å². The highest BCUT2D eigenvalue weighted by atomic mass is 79.9. The number of carbonyl (C=O) groups excluding carboxylic acids is 1. The van der Waals surface area contributed by atoms with Gasteiger partial charge in [0, 0.05) is 0 Å². The fourth-order valence-corrected chi connectivity index (χ4v) is 2.35. The Balaban J connectivity index is 2.36. The van der Waals surface area contributed by atoms with E-state index >= 15 is 0 Å². The van der Waals surface area contributed by atoms with E-state index in [-0.39, 0.29) is 5.78 Å². The summed E-state index contributed by atoms with van der Waals surface area (Å²) in [6.07, 6.45) is 0. The molecule has 1 N–H and O–H groups in total. The third-order valence-electron chi connectivity index (χ3n) is 1.69. The molecule has 1 aromatic heterocycles. The lowest BCUT2D eigenvalue weighted by Gasteiger charge is -2.05. The molecule has 2 nitrogen and oxygen atoms in total. The molecule has 1 rings (SSSR count). The number of thiophene rings is 1. The molecule has 0 unspecified atom stereocenters. The van der Waals surface area contributed by atoms with Gasteiger partial charge in [0.05, 0.1) is 15.2 Å². The lowest BCUT2D eigenvalue weighted by molar-refractivity contribution is 0.0994. The Labute approximate surface area is 96.8 Å². The third-order valence-corrected chi connectivity index (χ3v) is 3.35. The highest BCUT2D eigenvalue weighted by Gasteiger charge is 2.07. The third kappa shape index (κ3) is 3.90. The standard InChI is InChI=1S/C10H14BrNOS/c1-7(2)5-12-6-8(13)9-3-4-10(11)14-9/h3-4,7,12H,5-6H2,1-2H3. The van der Waals surface area contributed by atoms with Crippen molar-refractivity contribution in [3.8, 4) is 0 Å². The van der Waals surface area contributed by atoms with E-state index in [2.05, 4.69) is 35.1 Å². The lowest BCUT2D eigenvalue weighted by atomic mass is 10.2. The highest BCUT2D eigenvalue weighted by Crippen LogP contribution is 2.22. The minimum Gasteiger partial charge on any atom is -0.309 e. The van der Waals surface area contributed by atoms with Crippen LogP contribution in [-0.4, -0.2) is 18.9 Å². The van der Waals surface area contributed by atoms with Gasteiger partial charge in [0.25, 0.3) is 0 Å². The molecule has 14 heavy (non-hydrogen) atoms. The maximum absolute atomic E-state index is 11.6. The van der Waals surface area contributed by atoms with Crippen molar-refractivity contribution in [2.45, 2.75) is 13.8 Å². The Kier molecular flexibility index (Phi) is 4.78. The van der Waals surface area contributed by atoms with Crippen molar-refractivity contribution in [2.75, 3.05) is 13.1 Å². The predicted molar refractivity (Wildman–Crippen MR) is 64.1 cm³/mol. The highest BCUT2D eigenvalue weighted by molar-refractivity contribution is 9.11. The summed E-state index contributed by atoms with van der Waals surface area (Å²) in [6.45, 7) is 5.57. The van der Waals surface area contributed by atoms with Crippen LogP contribution in [-0.2, 0) is 0 Å². The second-order valence-electron chi connectivity index (χ2n) is 3.55. The molecule has 0 saturated heterocycles. The first kappa shape index (κ1) is 11.9. The Morgan fingerprint density at radius 2 is 2.29 bits per heavy atom. The van der Waals surface area contributed by atoms with Crippen LogP contribution >= 0.6 is 27.3 Å². The van der Waals surface area contributed by atoms with Crippen LogP contribution in [0.2, 0.25) is 0 Å². The zero-order valence-corrected chi connectivity index (χ0v) is 10.7. The van der Waals surface area contributed by atoms with Crippen LogP contribution in [0.3, 0.4) is 0 Å². The average molecular weight is 276 g/mol. The number of hydrogen-bond acceptors (Lipinski definition) is 3. The number of halogens is 1. The van der Waals surface area contributed by atoms with Crippen molar-refractivity contribution in [3.63, 3.8) is 0 Å². The molecular formula is C10H14BrNOS. The first-order chi connectivity index (χ1) is 6.59. The minimum atomic E-state index is 0.168. The van der Waals surface area contributed by atoms with Gasteiger partial charge in [0.15, 0.2) is 5.78 Å². The molecule has 0 aliphatic rings. The number of carbonyl (C=O) groups is 1. The minimum absolute atomic E-state index is 0.168. The van der Waals surface area contributed by atoms with Gasteiger partial charge in [-0.25, -0.2) is 0 Å². The summed E-state index contributed by atoms with van der Waals surface area (Å²) in [5, 5.41) is 3.13. The molecule has 0 atom stereocenters. The van der Waals surface area contributed by atoms with Gasteiger partial charge in [-0.15, -0.1) is 11.3 Å². The van der Waals surface area contributed by atoms with Crippen molar-refractivity contribution >= 4 is 33.0 Å². The van der Waals surface area contributed by atoms with Crippen molar-refractivity contribution < 1.29 is 4.79 Å². The van der Waals surface area contributed by atoms with E-state index in [1.165, 1.54) is 11.3 Å². The Morgan fingerprint density at radius 1 is 1.57 bits per heavy atom. The van der Waals surface area contributed by atoms with Crippen LogP contribution in [0.25, 0.3) is 0 Å². The molecule has 0 saturated carbocycles. The Hall–Kier alpha value is -0.190. The summed E-state index contributed by atoms with van der Waals surface area (Å²) in [7, 11) is 0. The normalized spacial score (nSPS) is 10.9.